The standard InChI is InChI=1S/C14H17N5O2/c1-19-3-2-9(17-19)11-4-10(18-21-11)13(20)16-8-5-14(6-8)7-12(14)15/h2-4,8,12H,5-7,15H2,1H3,(H,16,20). The van der Waals surface area contributed by atoms with E-state index in [0.717, 1.165) is 19.3 Å². The Morgan fingerprint density at radius 3 is 2.90 bits per heavy atom. The average Bonchev–Trinajstić information content (AvgIpc) is 2.84. The summed E-state index contributed by atoms with van der Waals surface area (Å²) < 4.78 is 6.85. The van der Waals surface area contributed by atoms with Gasteiger partial charge < -0.3 is 15.6 Å². The lowest BCUT2D eigenvalue weighted by Crippen LogP contribution is -2.47. The number of amides is 1. The lowest BCUT2D eigenvalue weighted by Gasteiger charge is -2.36. The van der Waals surface area contributed by atoms with Crippen LogP contribution in [0.3, 0.4) is 0 Å². The first-order chi connectivity index (χ1) is 10.1. The van der Waals surface area contributed by atoms with Crippen LogP contribution < -0.4 is 11.1 Å². The van der Waals surface area contributed by atoms with E-state index in [1.807, 2.05) is 19.3 Å². The number of carbonyl (C=O) groups excluding carboxylic acids is 1. The van der Waals surface area contributed by atoms with Crippen LogP contribution in [-0.4, -0.2) is 32.9 Å². The summed E-state index contributed by atoms with van der Waals surface area (Å²) in [6.07, 6.45) is 4.85. The number of rotatable bonds is 3. The third kappa shape index (κ3) is 2.04. The van der Waals surface area contributed by atoms with Crippen LogP contribution in [0, 0.1) is 5.41 Å². The Kier molecular flexibility index (Phi) is 2.50. The topological polar surface area (TPSA) is 99.0 Å². The van der Waals surface area contributed by atoms with Gasteiger partial charge >= 0.3 is 0 Å². The molecule has 2 aliphatic carbocycles. The molecule has 0 radical (unpaired) electrons. The molecule has 0 saturated heterocycles. The number of carbonyl (C=O) groups is 1. The summed E-state index contributed by atoms with van der Waals surface area (Å²) in [5, 5.41) is 11.0. The molecule has 2 aromatic rings. The largest absolute Gasteiger partial charge is 0.354 e. The van der Waals surface area contributed by atoms with Crippen molar-refractivity contribution in [1.82, 2.24) is 20.3 Å². The van der Waals surface area contributed by atoms with Crippen LogP contribution in [0.2, 0.25) is 0 Å². The molecule has 1 amide bonds. The number of nitrogens with two attached hydrogens (primary N) is 1. The molecule has 21 heavy (non-hydrogen) atoms. The van der Waals surface area contributed by atoms with Crippen molar-refractivity contribution in [2.75, 3.05) is 0 Å². The summed E-state index contributed by atoms with van der Waals surface area (Å²) in [6.45, 7) is 0. The molecule has 2 fully saturated rings. The van der Waals surface area contributed by atoms with Crippen molar-refractivity contribution in [3.8, 4) is 11.5 Å². The van der Waals surface area contributed by atoms with Crippen molar-refractivity contribution in [3.63, 3.8) is 0 Å². The fourth-order valence-corrected chi connectivity index (χ4v) is 3.18. The fraction of sp³-hybridized carbons (Fsp3) is 0.500. The Morgan fingerprint density at radius 1 is 1.52 bits per heavy atom. The van der Waals surface area contributed by atoms with Gasteiger partial charge in [0.25, 0.3) is 5.91 Å². The Morgan fingerprint density at radius 2 is 2.29 bits per heavy atom. The molecule has 0 aliphatic heterocycles. The van der Waals surface area contributed by atoms with Gasteiger partial charge in [0.2, 0.25) is 0 Å². The van der Waals surface area contributed by atoms with Crippen LogP contribution in [0.4, 0.5) is 0 Å². The highest BCUT2D eigenvalue weighted by Crippen LogP contribution is 2.59. The summed E-state index contributed by atoms with van der Waals surface area (Å²) in [6, 6.07) is 3.97. The first-order valence-electron chi connectivity index (χ1n) is 7.09. The lowest BCUT2D eigenvalue weighted by molar-refractivity contribution is 0.0864. The van der Waals surface area contributed by atoms with E-state index in [4.69, 9.17) is 10.3 Å². The van der Waals surface area contributed by atoms with E-state index in [2.05, 4.69) is 15.6 Å². The third-order valence-corrected chi connectivity index (χ3v) is 4.60. The molecule has 2 aromatic heterocycles. The van der Waals surface area contributed by atoms with Crippen LogP contribution >= 0.6 is 0 Å². The average molecular weight is 287 g/mol. The zero-order valence-electron chi connectivity index (χ0n) is 11.7. The Labute approximate surface area is 121 Å². The monoisotopic (exact) mass is 287 g/mol. The highest BCUT2D eigenvalue weighted by molar-refractivity contribution is 5.93. The second kappa shape index (κ2) is 4.17. The smallest absolute Gasteiger partial charge is 0.273 e. The van der Waals surface area contributed by atoms with E-state index >= 15 is 0 Å². The first kappa shape index (κ1) is 12.6. The molecule has 7 heteroatoms. The van der Waals surface area contributed by atoms with Crippen LogP contribution in [0.25, 0.3) is 11.5 Å². The number of nitrogens with zero attached hydrogens (tertiary/aromatic N) is 3. The van der Waals surface area contributed by atoms with Crippen molar-refractivity contribution in [2.24, 2.45) is 18.2 Å². The number of aromatic nitrogens is 3. The molecule has 2 aliphatic rings. The molecule has 4 rings (SSSR count). The molecule has 2 saturated carbocycles. The quantitative estimate of drug-likeness (QED) is 0.865. The van der Waals surface area contributed by atoms with Gasteiger partial charge in [0.05, 0.1) is 0 Å². The van der Waals surface area contributed by atoms with Crippen LogP contribution in [0.1, 0.15) is 29.8 Å². The molecule has 1 atom stereocenters. The zero-order valence-corrected chi connectivity index (χ0v) is 11.7. The molecule has 110 valence electrons. The molecule has 7 nitrogen and oxygen atoms in total. The van der Waals surface area contributed by atoms with E-state index in [-0.39, 0.29) is 17.6 Å². The lowest BCUT2D eigenvalue weighted by atomic mass is 9.76. The van der Waals surface area contributed by atoms with Gasteiger partial charge in [0.1, 0.15) is 5.69 Å². The number of hydrogen-bond donors (Lipinski definition) is 2. The summed E-state index contributed by atoms with van der Waals surface area (Å²) in [5.74, 6) is 0.296. The van der Waals surface area contributed by atoms with Gasteiger partial charge in [-0.15, -0.1) is 0 Å². The first-order valence-corrected chi connectivity index (χ1v) is 7.09. The van der Waals surface area contributed by atoms with Gasteiger partial charge in [-0.2, -0.15) is 5.10 Å². The summed E-state index contributed by atoms with van der Waals surface area (Å²) >= 11 is 0. The predicted molar refractivity (Wildman–Crippen MR) is 74.2 cm³/mol. The zero-order chi connectivity index (χ0) is 14.6. The van der Waals surface area contributed by atoms with Crippen LogP contribution in [-0.2, 0) is 7.05 Å². The molecule has 3 N–H and O–H groups in total. The second-order valence-electron chi connectivity index (χ2n) is 6.20. The second-order valence-corrected chi connectivity index (χ2v) is 6.20. The third-order valence-electron chi connectivity index (χ3n) is 4.60. The summed E-state index contributed by atoms with van der Waals surface area (Å²) in [4.78, 5) is 12.1. The summed E-state index contributed by atoms with van der Waals surface area (Å²) in [5.41, 5.74) is 7.16. The predicted octanol–water partition coefficient (Wildman–Crippen LogP) is 0.685. The molecule has 0 aromatic carbocycles. The maximum atomic E-state index is 12.1. The normalized spacial score (nSPS) is 30.2. The molecular formula is C14H17N5O2. The van der Waals surface area contributed by atoms with Crippen molar-refractivity contribution >= 4 is 5.91 Å². The van der Waals surface area contributed by atoms with Gasteiger partial charge in [0.15, 0.2) is 11.5 Å². The van der Waals surface area contributed by atoms with Crippen molar-refractivity contribution in [3.05, 3.63) is 24.0 Å². The van der Waals surface area contributed by atoms with Gasteiger partial charge in [0, 0.05) is 31.4 Å². The maximum Gasteiger partial charge on any atom is 0.273 e. The Bertz CT molecular complexity index is 698. The number of hydrogen-bond acceptors (Lipinski definition) is 5. The van der Waals surface area contributed by atoms with E-state index in [1.54, 1.807) is 10.7 Å². The van der Waals surface area contributed by atoms with Crippen molar-refractivity contribution < 1.29 is 9.32 Å². The van der Waals surface area contributed by atoms with E-state index < -0.39 is 0 Å². The van der Waals surface area contributed by atoms with Gasteiger partial charge in [-0.05, 0) is 30.7 Å². The van der Waals surface area contributed by atoms with E-state index in [0.29, 0.717) is 22.9 Å². The number of aryl methyl sites for hydroxylation is 1. The van der Waals surface area contributed by atoms with Gasteiger partial charge in [-0.1, -0.05) is 5.16 Å². The minimum Gasteiger partial charge on any atom is -0.354 e. The van der Waals surface area contributed by atoms with E-state index in [1.165, 1.54) is 0 Å². The van der Waals surface area contributed by atoms with E-state index in [9.17, 15) is 4.79 Å². The Hall–Kier alpha value is -2.15. The van der Waals surface area contributed by atoms with Gasteiger partial charge in [-0.3, -0.25) is 9.48 Å². The highest BCUT2D eigenvalue weighted by Gasteiger charge is 2.60. The van der Waals surface area contributed by atoms with Crippen molar-refractivity contribution in [1.29, 1.82) is 0 Å². The van der Waals surface area contributed by atoms with Crippen LogP contribution in [0.15, 0.2) is 22.9 Å². The fourth-order valence-electron chi connectivity index (χ4n) is 3.18. The van der Waals surface area contributed by atoms with Gasteiger partial charge in [-0.25, -0.2) is 0 Å². The minimum atomic E-state index is -0.199. The molecular weight excluding hydrogens is 270 g/mol. The molecule has 1 unspecified atom stereocenters. The van der Waals surface area contributed by atoms with Crippen molar-refractivity contribution in [2.45, 2.75) is 31.3 Å². The molecule has 2 heterocycles. The summed E-state index contributed by atoms with van der Waals surface area (Å²) in [7, 11) is 1.82. The SMILES string of the molecule is Cn1ccc(-c2cc(C(=O)NC3CC4(C3)CC4N)no2)n1. The minimum absolute atomic E-state index is 0.199. The highest BCUT2D eigenvalue weighted by atomic mass is 16.5. The molecule has 0 bridgehead atoms. The maximum absolute atomic E-state index is 12.1. The van der Waals surface area contributed by atoms with Crippen LogP contribution in [0.5, 0.6) is 0 Å². The number of nitrogens with one attached hydrogen (secondary N) is 1. The molecule has 1 spiro atoms. The Balaban J connectivity index is 1.40.